The third-order valence-corrected chi connectivity index (χ3v) is 3.83. The first-order valence-corrected chi connectivity index (χ1v) is 6.96. The molecule has 5 nitrogen and oxygen atoms in total. The molecule has 0 aliphatic carbocycles. The zero-order valence-electron chi connectivity index (χ0n) is 11.3. The van der Waals surface area contributed by atoms with Crippen LogP contribution < -0.4 is 11.1 Å². The molecule has 0 bridgehead atoms. The molecule has 0 heterocycles. The molecule has 2 rings (SSSR count). The number of anilines is 1. The first kappa shape index (κ1) is 15.1. The summed E-state index contributed by atoms with van der Waals surface area (Å²) in [6, 6.07) is 12.1. The van der Waals surface area contributed by atoms with E-state index in [1.807, 2.05) is 25.1 Å². The Hall–Kier alpha value is -2.34. The zero-order chi connectivity index (χ0) is 15.4. The Labute approximate surface area is 130 Å². The van der Waals surface area contributed by atoms with E-state index in [2.05, 4.69) is 26.4 Å². The van der Waals surface area contributed by atoms with E-state index in [1.54, 1.807) is 24.3 Å². The molecule has 108 valence electrons. The number of amidine groups is 1. The van der Waals surface area contributed by atoms with Gasteiger partial charge in [0.15, 0.2) is 5.84 Å². The van der Waals surface area contributed by atoms with Gasteiger partial charge >= 0.3 is 0 Å². The fourth-order valence-electron chi connectivity index (χ4n) is 1.72. The van der Waals surface area contributed by atoms with E-state index in [4.69, 9.17) is 10.9 Å². The Bertz CT molecular complexity index is 697. The van der Waals surface area contributed by atoms with E-state index >= 15 is 0 Å². The summed E-state index contributed by atoms with van der Waals surface area (Å²) < 4.78 is 0.933. The zero-order valence-corrected chi connectivity index (χ0v) is 12.9. The predicted molar refractivity (Wildman–Crippen MR) is 85.8 cm³/mol. The van der Waals surface area contributed by atoms with Crippen LogP contribution in [0.1, 0.15) is 21.5 Å². The second-order valence-corrected chi connectivity index (χ2v) is 5.34. The van der Waals surface area contributed by atoms with Crippen LogP contribution >= 0.6 is 15.9 Å². The number of carbonyl (C=O) groups is 1. The molecule has 4 N–H and O–H groups in total. The van der Waals surface area contributed by atoms with Gasteiger partial charge in [-0.15, -0.1) is 0 Å². The van der Waals surface area contributed by atoms with Crippen molar-refractivity contribution in [1.29, 1.82) is 0 Å². The Morgan fingerprint density at radius 1 is 1.19 bits per heavy atom. The fraction of sp³-hybridized carbons (Fsp3) is 0.0667. The largest absolute Gasteiger partial charge is 0.409 e. The van der Waals surface area contributed by atoms with Crippen molar-refractivity contribution in [2.75, 3.05) is 5.32 Å². The summed E-state index contributed by atoms with van der Waals surface area (Å²) in [4.78, 5) is 12.1. The normalized spacial score (nSPS) is 11.2. The minimum absolute atomic E-state index is 0.00410. The van der Waals surface area contributed by atoms with E-state index in [-0.39, 0.29) is 11.7 Å². The van der Waals surface area contributed by atoms with Gasteiger partial charge in [0.05, 0.1) is 0 Å². The van der Waals surface area contributed by atoms with E-state index in [1.165, 1.54) is 0 Å². The van der Waals surface area contributed by atoms with Crippen LogP contribution in [0.5, 0.6) is 0 Å². The van der Waals surface area contributed by atoms with E-state index in [9.17, 15) is 4.79 Å². The van der Waals surface area contributed by atoms with Crippen LogP contribution in [0.3, 0.4) is 0 Å². The SMILES string of the molecule is Cc1ccc(NC(=O)c2ccc(C(N)=NO)cc2)cc1Br. The standard InChI is InChI=1S/C15H14BrN3O2/c1-9-2-7-12(8-13(9)16)18-15(20)11-5-3-10(4-6-11)14(17)19-21/h2-8,21H,1H3,(H2,17,19)(H,18,20). The maximum Gasteiger partial charge on any atom is 0.255 e. The molecule has 0 spiro atoms. The van der Waals surface area contributed by atoms with Crippen molar-refractivity contribution in [3.05, 3.63) is 63.6 Å². The van der Waals surface area contributed by atoms with Gasteiger partial charge in [-0.05, 0) is 36.8 Å². The molecule has 0 atom stereocenters. The van der Waals surface area contributed by atoms with Crippen LogP contribution in [-0.4, -0.2) is 17.0 Å². The highest BCUT2D eigenvalue weighted by Gasteiger charge is 2.08. The predicted octanol–water partition coefficient (Wildman–Crippen LogP) is 3.10. The van der Waals surface area contributed by atoms with Crippen molar-refractivity contribution < 1.29 is 10.0 Å². The Morgan fingerprint density at radius 2 is 1.81 bits per heavy atom. The Kier molecular flexibility index (Phi) is 4.59. The van der Waals surface area contributed by atoms with Crippen molar-refractivity contribution >= 4 is 33.4 Å². The van der Waals surface area contributed by atoms with Crippen LogP contribution in [0.4, 0.5) is 5.69 Å². The van der Waals surface area contributed by atoms with Crippen molar-refractivity contribution in [1.82, 2.24) is 0 Å². The van der Waals surface area contributed by atoms with Crippen LogP contribution in [0.25, 0.3) is 0 Å². The van der Waals surface area contributed by atoms with Crippen molar-refractivity contribution in [2.45, 2.75) is 6.92 Å². The fourth-order valence-corrected chi connectivity index (χ4v) is 2.10. The monoisotopic (exact) mass is 347 g/mol. The van der Waals surface area contributed by atoms with Gasteiger partial charge in [-0.2, -0.15) is 0 Å². The van der Waals surface area contributed by atoms with Crippen LogP contribution in [0, 0.1) is 6.92 Å². The molecule has 6 heteroatoms. The third kappa shape index (κ3) is 3.61. The summed E-state index contributed by atoms with van der Waals surface area (Å²) in [7, 11) is 0. The Balaban J connectivity index is 2.14. The number of amides is 1. The highest BCUT2D eigenvalue weighted by atomic mass is 79.9. The summed E-state index contributed by atoms with van der Waals surface area (Å²) in [5.41, 5.74) is 8.30. The lowest BCUT2D eigenvalue weighted by molar-refractivity contribution is 0.102. The van der Waals surface area contributed by atoms with Crippen molar-refractivity contribution in [3.63, 3.8) is 0 Å². The molecule has 1 amide bonds. The Morgan fingerprint density at radius 3 is 2.38 bits per heavy atom. The second-order valence-electron chi connectivity index (χ2n) is 4.48. The number of nitrogens with zero attached hydrogens (tertiary/aromatic N) is 1. The van der Waals surface area contributed by atoms with Gasteiger partial charge in [-0.25, -0.2) is 0 Å². The van der Waals surface area contributed by atoms with E-state index in [0.717, 1.165) is 10.0 Å². The molecule has 0 saturated carbocycles. The summed E-state index contributed by atoms with van der Waals surface area (Å²) in [6.07, 6.45) is 0. The molecule has 0 aliphatic rings. The highest BCUT2D eigenvalue weighted by Crippen LogP contribution is 2.21. The van der Waals surface area contributed by atoms with Crippen LogP contribution in [0.15, 0.2) is 52.1 Å². The number of hydrogen-bond donors (Lipinski definition) is 3. The maximum atomic E-state index is 12.1. The smallest absolute Gasteiger partial charge is 0.255 e. The highest BCUT2D eigenvalue weighted by molar-refractivity contribution is 9.10. The number of nitrogens with two attached hydrogens (primary N) is 1. The van der Waals surface area contributed by atoms with Crippen LogP contribution in [0.2, 0.25) is 0 Å². The van der Waals surface area contributed by atoms with Gasteiger partial charge in [-0.1, -0.05) is 39.3 Å². The topological polar surface area (TPSA) is 87.7 Å². The summed E-state index contributed by atoms with van der Waals surface area (Å²) >= 11 is 3.42. The third-order valence-electron chi connectivity index (χ3n) is 2.98. The van der Waals surface area contributed by atoms with Crippen molar-refractivity contribution in [2.24, 2.45) is 10.9 Å². The average molecular weight is 348 g/mol. The van der Waals surface area contributed by atoms with E-state index < -0.39 is 0 Å². The summed E-state index contributed by atoms with van der Waals surface area (Å²) in [5, 5.41) is 14.3. The number of halogens is 1. The molecule has 0 saturated heterocycles. The maximum absolute atomic E-state index is 12.1. The molecule has 0 unspecified atom stereocenters. The molecular formula is C15H14BrN3O2. The molecule has 21 heavy (non-hydrogen) atoms. The van der Waals surface area contributed by atoms with Gasteiger partial charge in [0.2, 0.25) is 0 Å². The van der Waals surface area contributed by atoms with Gasteiger partial charge in [-0.3, -0.25) is 4.79 Å². The minimum Gasteiger partial charge on any atom is -0.409 e. The molecule has 2 aromatic rings. The number of benzene rings is 2. The van der Waals surface area contributed by atoms with Gasteiger partial charge in [0.1, 0.15) is 0 Å². The molecule has 0 aliphatic heterocycles. The first-order valence-electron chi connectivity index (χ1n) is 6.16. The number of aryl methyl sites for hydroxylation is 1. The first-order chi connectivity index (χ1) is 10.0. The van der Waals surface area contributed by atoms with Gasteiger partial charge in [0, 0.05) is 21.3 Å². The van der Waals surface area contributed by atoms with Gasteiger partial charge < -0.3 is 16.3 Å². The lowest BCUT2D eigenvalue weighted by atomic mass is 10.1. The minimum atomic E-state index is -0.225. The number of nitrogens with one attached hydrogen (secondary N) is 1. The van der Waals surface area contributed by atoms with Crippen molar-refractivity contribution in [3.8, 4) is 0 Å². The molecule has 0 radical (unpaired) electrons. The molecule has 0 aromatic heterocycles. The summed E-state index contributed by atoms with van der Waals surface area (Å²) in [6.45, 7) is 1.97. The number of rotatable bonds is 3. The summed E-state index contributed by atoms with van der Waals surface area (Å²) in [5.74, 6) is -0.221. The molecular weight excluding hydrogens is 334 g/mol. The number of carbonyl (C=O) groups excluding carboxylic acids is 1. The molecule has 2 aromatic carbocycles. The molecule has 0 fully saturated rings. The van der Waals surface area contributed by atoms with E-state index in [0.29, 0.717) is 16.8 Å². The lowest BCUT2D eigenvalue weighted by Crippen LogP contribution is -2.15. The second kappa shape index (κ2) is 6.41. The lowest BCUT2D eigenvalue weighted by Gasteiger charge is -2.07. The number of hydrogen-bond acceptors (Lipinski definition) is 3. The van der Waals surface area contributed by atoms with Crippen LogP contribution in [-0.2, 0) is 0 Å². The quantitative estimate of drug-likeness (QED) is 0.345. The van der Waals surface area contributed by atoms with Gasteiger partial charge in [0.25, 0.3) is 5.91 Å². The number of oxime groups is 1. The average Bonchev–Trinajstić information content (AvgIpc) is 2.50.